The summed E-state index contributed by atoms with van der Waals surface area (Å²) in [6.07, 6.45) is 0.753. The first kappa shape index (κ1) is 20.5. The molecule has 0 saturated heterocycles. The van der Waals surface area contributed by atoms with Gasteiger partial charge in [-0.25, -0.2) is 4.98 Å². The highest BCUT2D eigenvalue weighted by Crippen LogP contribution is 2.28. The zero-order chi connectivity index (χ0) is 20.3. The van der Waals surface area contributed by atoms with E-state index >= 15 is 0 Å². The van der Waals surface area contributed by atoms with E-state index in [4.69, 9.17) is 4.74 Å². The number of nitrogens with one attached hydrogen (secondary N) is 1. The standard InChI is InChI=1S/C21H27N3O3S/c1-21(2,3)17-11-18(25)24-12-15(13-28-20(24)23-17)19(26)22-10-9-14-5-7-16(27-4)8-6-14/h5-8,11,15H,9-10,12-13H2,1-4H3,(H,22,26). The maximum atomic E-state index is 12.6. The van der Waals surface area contributed by atoms with Crippen LogP contribution in [0.25, 0.3) is 0 Å². The first-order chi connectivity index (χ1) is 13.3. The van der Waals surface area contributed by atoms with Gasteiger partial charge in [0.2, 0.25) is 5.91 Å². The summed E-state index contributed by atoms with van der Waals surface area (Å²) >= 11 is 1.48. The van der Waals surface area contributed by atoms with Crippen molar-refractivity contribution < 1.29 is 9.53 Å². The van der Waals surface area contributed by atoms with E-state index in [-0.39, 0.29) is 22.8 Å². The average Bonchev–Trinajstić information content (AvgIpc) is 2.67. The van der Waals surface area contributed by atoms with Crippen molar-refractivity contribution in [2.75, 3.05) is 19.4 Å². The number of rotatable bonds is 5. The molecular weight excluding hydrogens is 374 g/mol. The molecule has 1 N–H and O–H groups in total. The third-order valence-electron chi connectivity index (χ3n) is 4.80. The van der Waals surface area contributed by atoms with E-state index in [2.05, 4.69) is 10.3 Å². The number of methoxy groups -OCH3 is 1. The lowest BCUT2D eigenvalue weighted by Crippen LogP contribution is -2.41. The minimum atomic E-state index is -0.228. The van der Waals surface area contributed by atoms with Gasteiger partial charge >= 0.3 is 0 Å². The highest BCUT2D eigenvalue weighted by molar-refractivity contribution is 7.99. The Balaban J connectivity index is 1.58. The summed E-state index contributed by atoms with van der Waals surface area (Å²) in [5.74, 6) is 1.21. The molecule has 1 amide bonds. The van der Waals surface area contributed by atoms with Gasteiger partial charge in [-0.1, -0.05) is 44.7 Å². The van der Waals surface area contributed by atoms with Crippen LogP contribution in [0.3, 0.4) is 0 Å². The van der Waals surface area contributed by atoms with Gasteiger partial charge in [-0.15, -0.1) is 0 Å². The number of aromatic nitrogens is 2. The van der Waals surface area contributed by atoms with Crippen molar-refractivity contribution in [3.8, 4) is 5.75 Å². The van der Waals surface area contributed by atoms with Crippen LogP contribution in [0.4, 0.5) is 0 Å². The number of benzene rings is 1. The Labute approximate surface area is 169 Å². The van der Waals surface area contributed by atoms with Crippen molar-refractivity contribution in [2.45, 2.75) is 44.3 Å². The summed E-state index contributed by atoms with van der Waals surface area (Å²) < 4.78 is 6.77. The smallest absolute Gasteiger partial charge is 0.254 e. The van der Waals surface area contributed by atoms with Gasteiger partial charge in [0.05, 0.1) is 18.7 Å². The van der Waals surface area contributed by atoms with Crippen LogP contribution >= 0.6 is 11.8 Å². The molecule has 0 saturated carbocycles. The Bertz CT molecular complexity index is 901. The summed E-state index contributed by atoms with van der Waals surface area (Å²) in [6.45, 7) is 7.07. The number of hydrogen-bond donors (Lipinski definition) is 1. The molecule has 0 radical (unpaired) electrons. The second kappa shape index (κ2) is 8.39. The first-order valence-electron chi connectivity index (χ1n) is 9.44. The Morgan fingerprint density at radius 3 is 2.68 bits per heavy atom. The number of amides is 1. The predicted octanol–water partition coefficient (Wildman–Crippen LogP) is 2.63. The van der Waals surface area contributed by atoms with Gasteiger partial charge in [-0.05, 0) is 24.1 Å². The van der Waals surface area contributed by atoms with Crippen LogP contribution in [0.2, 0.25) is 0 Å². The number of thioether (sulfide) groups is 1. The zero-order valence-electron chi connectivity index (χ0n) is 16.8. The highest BCUT2D eigenvalue weighted by atomic mass is 32.2. The van der Waals surface area contributed by atoms with Crippen LogP contribution in [-0.2, 0) is 23.2 Å². The molecule has 28 heavy (non-hydrogen) atoms. The third-order valence-corrected chi connectivity index (χ3v) is 5.94. The van der Waals surface area contributed by atoms with Crippen molar-refractivity contribution in [3.63, 3.8) is 0 Å². The monoisotopic (exact) mass is 401 g/mol. The Morgan fingerprint density at radius 2 is 2.04 bits per heavy atom. The average molecular weight is 402 g/mol. The van der Waals surface area contributed by atoms with Crippen LogP contribution < -0.4 is 15.6 Å². The maximum Gasteiger partial charge on any atom is 0.254 e. The Hall–Kier alpha value is -2.28. The molecule has 1 aliphatic heterocycles. The van der Waals surface area contributed by atoms with E-state index in [0.29, 0.717) is 24.0 Å². The van der Waals surface area contributed by atoms with Gasteiger partial charge in [0.15, 0.2) is 5.16 Å². The molecule has 0 aliphatic carbocycles. The Morgan fingerprint density at radius 1 is 1.32 bits per heavy atom. The fraction of sp³-hybridized carbons (Fsp3) is 0.476. The van der Waals surface area contributed by atoms with Crippen LogP contribution in [-0.4, -0.2) is 34.9 Å². The minimum Gasteiger partial charge on any atom is -0.497 e. The van der Waals surface area contributed by atoms with Gasteiger partial charge in [-0.3, -0.25) is 14.2 Å². The van der Waals surface area contributed by atoms with E-state index < -0.39 is 0 Å². The summed E-state index contributed by atoms with van der Waals surface area (Å²) in [5.41, 5.74) is 1.67. The highest BCUT2D eigenvalue weighted by Gasteiger charge is 2.28. The van der Waals surface area contributed by atoms with Crippen LogP contribution in [0.15, 0.2) is 40.3 Å². The van der Waals surface area contributed by atoms with Gasteiger partial charge in [0, 0.05) is 30.3 Å². The molecule has 1 unspecified atom stereocenters. The molecule has 3 rings (SSSR count). The molecule has 150 valence electrons. The van der Waals surface area contributed by atoms with Gasteiger partial charge in [0.25, 0.3) is 5.56 Å². The number of ether oxygens (including phenoxy) is 1. The fourth-order valence-electron chi connectivity index (χ4n) is 3.02. The first-order valence-corrected chi connectivity index (χ1v) is 10.4. The summed E-state index contributed by atoms with van der Waals surface area (Å²) in [7, 11) is 1.64. The molecular formula is C21H27N3O3S. The molecule has 1 aliphatic rings. The molecule has 0 fully saturated rings. The van der Waals surface area contributed by atoms with Crippen LogP contribution in [0, 0.1) is 5.92 Å². The molecule has 1 aromatic heterocycles. The SMILES string of the molecule is COc1ccc(CCNC(=O)C2CSc3nc(C(C)(C)C)cc(=O)n3C2)cc1. The predicted molar refractivity (Wildman–Crippen MR) is 111 cm³/mol. The topological polar surface area (TPSA) is 73.2 Å². The van der Waals surface area contributed by atoms with E-state index in [9.17, 15) is 9.59 Å². The molecule has 7 heteroatoms. The van der Waals surface area contributed by atoms with E-state index in [1.54, 1.807) is 17.7 Å². The number of carbonyl (C=O) groups is 1. The van der Waals surface area contributed by atoms with Gasteiger partial charge in [0.1, 0.15) is 5.75 Å². The molecule has 0 spiro atoms. The third kappa shape index (κ3) is 4.76. The van der Waals surface area contributed by atoms with Gasteiger partial charge < -0.3 is 10.1 Å². The molecule has 0 bridgehead atoms. The van der Waals surface area contributed by atoms with Crippen molar-refractivity contribution in [3.05, 3.63) is 51.9 Å². The van der Waals surface area contributed by atoms with E-state index in [1.165, 1.54) is 11.8 Å². The number of nitrogens with zero attached hydrogens (tertiary/aromatic N) is 2. The van der Waals surface area contributed by atoms with Crippen LogP contribution in [0.5, 0.6) is 5.75 Å². The summed E-state index contributed by atoms with van der Waals surface area (Å²) in [4.78, 5) is 29.7. The molecule has 1 aromatic carbocycles. The van der Waals surface area contributed by atoms with Crippen molar-refractivity contribution >= 4 is 17.7 Å². The number of hydrogen-bond acceptors (Lipinski definition) is 5. The zero-order valence-corrected chi connectivity index (χ0v) is 17.6. The molecule has 6 nitrogen and oxygen atoms in total. The van der Waals surface area contributed by atoms with Crippen molar-refractivity contribution in [1.82, 2.24) is 14.9 Å². The lowest BCUT2D eigenvalue weighted by molar-refractivity contribution is -0.124. The quantitative estimate of drug-likeness (QED) is 0.780. The second-order valence-electron chi connectivity index (χ2n) is 8.02. The molecule has 2 aromatic rings. The maximum absolute atomic E-state index is 12.6. The van der Waals surface area contributed by atoms with Gasteiger partial charge in [-0.2, -0.15) is 0 Å². The largest absolute Gasteiger partial charge is 0.497 e. The van der Waals surface area contributed by atoms with E-state index in [1.807, 2.05) is 45.0 Å². The molecule has 1 atom stereocenters. The lowest BCUT2D eigenvalue weighted by atomic mass is 9.92. The Kier molecular flexibility index (Phi) is 6.13. The fourth-order valence-corrected chi connectivity index (χ4v) is 4.11. The second-order valence-corrected chi connectivity index (χ2v) is 9.01. The van der Waals surface area contributed by atoms with Crippen molar-refractivity contribution in [2.24, 2.45) is 5.92 Å². The van der Waals surface area contributed by atoms with E-state index in [0.717, 1.165) is 23.4 Å². The lowest BCUT2D eigenvalue weighted by Gasteiger charge is -2.26. The summed E-state index contributed by atoms with van der Waals surface area (Å²) in [5, 5.41) is 3.70. The number of carbonyl (C=O) groups excluding carboxylic acids is 1. The molecule has 2 heterocycles. The van der Waals surface area contributed by atoms with Crippen LogP contribution in [0.1, 0.15) is 32.0 Å². The minimum absolute atomic E-state index is 0.0153. The normalized spacial score (nSPS) is 16.4. The summed E-state index contributed by atoms with van der Waals surface area (Å²) in [6, 6.07) is 9.41. The number of fused-ring (bicyclic) bond motifs is 1. The van der Waals surface area contributed by atoms with Crippen molar-refractivity contribution in [1.29, 1.82) is 0 Å².